The van der Waals surface area contributed by atoms with Crippen LogP contribution >= 0.6 is 0 Å². The number of hydrogen-bond acceptors (Lipinski definition) is 7. The summed E-state index contributed by atoms with van der Waals surface area (Å²) in [6.07, 6.45) is 2.65. The molecule has 9 nitrogen and oxygen atoms in total. The minimum absolute atomic E-state index is 0.0147. The molecule has 7 atom stereocenters. The van der Waals surface area contributed by atoms with Gasteiger partial charge in [0.05, 0.1) is 36.9 Å². The summed E-state index contributed by atoms with van der Waals surface area (Å²) in [7, 11) is -2.40. The number of amides is 1. The first-order chi connectivity index (χ1) is 20.2. The van der Waals surface area contributed by atoms with Gasteiger partial charge in [0.15, 0.2) is 0 Å². The Morgan fingerprint density at radius 2 is 1.83 bits per heavy atom. The number of ether oxygens (including phenoxy) is 3. The normalized spacial score (nSPS) is 26.6. The van der Waals surface area contributed by atoms with Crippen LogP contribution in [0, 0.1) is 23.7 Å². The summed E-state index contributed by atoms with van der Waals surface area (Å²) in [5.74, 6) is 1.75. The summed E-state index contributed by atoms with van der Waals surface area (Å²) in [4.78, 5) is 13.4. The van der Waals surface area contributed by atoms with Crippen LogP contribution in [0.5, 0.6) is 5.75 Å². The van der Waals surface area contributed by atoms with Crippen molar-refractivity contribution in [3.63, 3.8) is 0 Å². The smallest absolute Gasteiger partial charge is 0.407 e. The van der Waals surface area contributed by atoms with Crippen LogP contribution in [0.25, 0.3) is 0 Å². The third-order valence-electron chi connectivity index (χ3n) is 9.01. The Kier molecular flexibility index (Phi) is 9.77. The molecule has 5 rings (SSSR count). The number of rotatable bonds is 12. The fourth-order valence-electron chi connectivity index (χ4n) is 7.07. The summed E-state index contributed by atoms with van der Waals surface area (Å²) < 4.78 is 45.9. The number of aliphatic hydroxyl groups is 1. The van der Waals surface area contributed by atoms with Gasteiger partial charge in [-0.3, -0.25) is 0 Å². The van der Waals surface area contributed by atoms with E-state index in [1.165, 1.54) is 23.5 Å². The van der Waals surface area contributed by atoms with Crippen LogP contribution in [-0.2, 0) is 25.9 Å². The van der Waals surface area contributed by atoms with Crippen molar-refractivity contribution in [2.75, 3.05) is 26.8 Å². The van der Waals surface area contributed by atoms with Gasteiger partial charge in [-0.15, -0.1) is 0 Å². The maximum Gasteiger partial charge on any atom is 0.407 e. The number of nitrogens with one attached hydrogen (secondary N) is 1. The van der Waals surface area contributed by atoms with E-state index in [-0.39, 0.29) is 36.1 Å². The molecule has 1 amide bonds. The van der Waals surface area contributed by atoms with Crippen LogP contribution in [0.4, 0.5) is 4.79 Å². The fraction of sp³-hybridized carbons (Fsp3) is 0.594. The molecule has 2 aromatic carbocycles. The number of aliphatic hydroxyl groups excluding tert-OH is 1. The summed E-state index contributed by atoms with van der Waals surface area (Å²) in [5.41, 5.74) is 0.915. The molecule has 230 valence electrons. The lowest BCUT2D eigenvalue weighted by Gasteiger charge is -2.33. The van der Waals surface area contributed by atoms with E-state index in [0.29, 0.717) is 29.9 Å². The molecule has 1 aliphatic heterocycles. The van der Waals surface area contributed by atoms with Crippen LogP contribution in [-0.4, -0.2) is 75.1 Å². The van der Waals surface area contributed by atoms with Crippen LogP contribution in [0.1, 0.15) is 45.1 Å². The Morgan fingerprint density at radius 1 is 1.10 bits per heavy atom. The molecule has 0 bridgehead atoms. The molecule has 3 fully saturated rings. The SMILES string of the molecule is COc1ccc(S(=O)(=O)N(CC(C)C)C[C@@H](O)[C@H](Cc2ccccc2)NC(=O)O[C@H]2CC3CO[C@H]4CCCC2[C@@H]34)cc1. The predicted molar refractivity (Wildman–Crippen MR) is 159 cm³/mol. The molecule has 0 aromatic heterocycles. The third-order valence-corrected chi connectivity index (χ3v) is 10.9. The lowest BCUT2D eigenvalue weighted by atomic mass is 9.77. The second kappa shape index (κ2) is 13.3. The molecule has 2 aliphatic carbocycles. The number of carbonyl (C=O) groups excluding carboxylic acids is 1. The van der Waals surface area contributed by atoms with Gasteiger partial charge in [-0.05, 0) is 73.3 Å². The van der Waals surface area contributed by atoms with Crippen molar-refractivity contribution in [2.24, 2.45) is 23.7 Å². The zero-order chi connectivity index (χ0) is 29.9. The average molecular weight is 601 g/mol. The van der Waals surface area contributed by atoms with Gasteiger partial charge in [0.2, 0.25) is 10.0 Å². The first kappa shape index (κ1) is 30.8. The van der Waals surface area contributed by atoms with Gasteiger partial charge >= 0.3 is 6.09 Å². The molecule has 2 aromatic rings. The van der Waals surface area contributed by atoms with E-state index >= 15 is 0 Å². The predicted octanol–water partition coefficient (Wildman–Crippen LogP) is 4.24. The Balaban J connectivity index is 1.31. The topological polar surface area (TPSA) is 114 Å². The zero-order valence-corrected chi connectivity index (χ0v) is 25.5. The molecular weight excluding hydrogens is 556 g/mol. The van der Waals surface area contributed by atoms with Gasteiger partial charge in [0.1, 0.15) is 11.9 Å². The van der Waals surface area contributed by atoms with E-state index in [2.05, 4.69) is 5.32 Å². The molecule has 2 saturated carbocycles. The second-order valence-corrected chi connectivity index (χ2v) is 14.3. The van der Waals surface area contributed by atoms with Gasteiger partial charge in [-0.25, -0.2) is 13.2 Å². The summed E-state index contributed by atoms with van der Waals surface area (Å²) in [6.45, 7) is 4.62. The second-order valence-electron chi connectivity index (χ2n) is 12.4. The van der Waals surface area contributed by atoms with Crippen molar-refractivity contribution in [2.45, 2.75) is 75.2 Å². The largest absolute Gasteiger partial charge is 0.497 e. The van der Waals surface area contributed by atoms with Crippen LogP contribution in [0.3, 0.4) is 0 Å². The molecular formula is C32H44N2O7S. The lowest BCUT2D eigenvalue weighted by molar-refractivity contribution is -0.00408. The average Bonchev–Trinajstić information content (AvgIpc) is 3.55. The van der Waals surface area contributed by atoms with Crippen LogP contribution in [0.15, 0.2) is 59.5 Å². The maximum atomic E-state index is 13.7. The third kappa shape index (κ3) is 6.93. The minimum Gasteiger partial charge on any atom is -0.497 e. The van der Waals surface area contributed by atoms with Gasteiger partial charge < -0.3 is 24.6 Å². The number of alkyl carbamates (subject to hydrolysis) is 1. The Bertz CT molecular complexity index is 1290. The molecule has 0 radical (unpaired) electrons. The van der Waals surface area contributed by atoms with Crippen molar-refractivity contribution < 1.29 is 32.5 Å². The van der Waals surface area contributed by atoms with Gasteiger partial charge in [-0.1, -0.05) is 50.6 Å². The van der Waals surface area contributed by atoms with Crippen molar-refractivity contribution in [1.82, 2.24) is 9.62 Å². The highest BCUT2D eigenvalue weighted by molar-refractivity contribution is 7.89. The monoisotopic (exact) mass is 600 g/mol. The molecule has 42 heavy (non-hydrogen) atoms. The standard InChI is InChI=1S/C32H44N2O7S/c1-21(2)18-34(42(37,38)25-14-12-24(39-3)13-15-25)19-28(35)27(16-22-8-5-4-6-9-22)33-32(36)41-30-17-23-20-40-29-11-7-10-26(30)31(23)29/h4-6,8-9,12-15,21,23,26-31,35H,7,10-11,16-20H2,1-3H3,(H,33,36)/t23?,26?,27-,28+,29-,30-,31+/m0/s1. The first-order valence-corrected chi connectivity index (χ1v) is 16.5. The van der Waals surface area contributed by atoms with E-state index in [0.717, 1.165) is 37.9 Å². The molecule has 2 N–H and O–H groups in total. The number of hydrogen-bond donors (Lipinski definition) is 2. The molecule has 1 heterocycles. The van der Waals surface area contributed by atoms with Crippen LogP contribution < -0.4 is 10.1 Å². The van der Waals surface area contributed by atoms with E-state index in [9.17, 15) is 18.3 Å². The van der Waals surface area contributed by atoms with E-state index < -0.39 is 28.3 Å². The lowest BCUT2D eigenvalue weighted by Crippen LogP contribution is -2.51. The first-order valence-electron chi connectivity index (χ1n) is 15.1. The highest BCUT2D eigenvalue weighted by Crippen LogP contribution is 2.51. The van der Waals surface area contributed by atoms with E-state index in [1.807, 2.05) is 44.2 Å². The van der Waals surface area contributed by atoms with Gasteiger partial charge in [-0.2, -0.15) is 4.31 Å². The van der Waals surface area contributed by atoms with Crippen molar-refractivity contribution in [3.8, 4) is 5.75 Å². The van der Waals surface area contributed by atoms with Crippen LogP contribution in [0.2, 0.25) is 0 Å². The summed E-state index contributed by atoms with van der Waals surface area (Å²) >= 11 is 0. The van der Waals surface area contributed by atoms with Crippen molar-refractivity contribution in [1.29, 1.82) is 0 Å². The Labute approximate surface area is 249 Å². The molecule has 1 saturated heterocycles. The number of benzene rings is 2. The highest BCUT2D eigenvalue weighted by Gasteiger charge is 2.53. The van der Waals surface area contributed by atoms with Gasteiger partial charge in [0.25, 0.3) is 0 Å². The number of carbonyl (C=O) groups is 1. The fourth-order valence-corrected chi connectivity index (χ4v) is 8.70. The minimum atomic E-state index is -3.93. The molecule has 3 aliphatic rings. The molecule has 2 unspecified atom stereocenters. The van der Waals surface area contributed by atoms with E-state index in [1.54, 1.807) is 12.1 Å². The van der Waals surface area contributed by atoms with Crippen molar-refractivity contribution >= 4 is 16.1 Å². The number of nitrogens with zero attached hydrogens (tertiary/aromatic N) is 1. The quantitative estimate of drug-likeness (QED) is 0.375. The Morgan fingerprint density at radius 3 is 2.52 bits per heavy atom. The van der Waals surface area contributed by atoms with Gasteiger partial charge in [0, 0.05) is 19.0 Å². The zero-order valence-electron chi connectivity index (χ0n) is 24.7. The highest BCUT2D eigenvalue weighted by atomic mass is 32.2. The summed E-state index contributed by atoms with van der Waals surface area (Å²) in [6, 6.07) is 15.0. The van der Waals surface area contributed by atoms with Crippen molar-refractivity contribution in [3.05, 3.63) is 60.2 Å². The maximum absolute atomic E-state index is 13.7. The van der Waals surface area contributed by atoms with E-state index in [4.69, 9.17) is 14.2 Å². The number of methoxy groups -OCH3 is 1. The molecule has 0 spiro atoms. The Hall–Kier alpha value is -2.66. The molecule has 10 heteroatoms. The number of sulfonamides is 1. The summed E-state index contributed by atoms with van der Waals surface area (Å²) in [5, 5.41) is 14.4.